The lowest BCUT2D eigenvalue weighted by Crippen LogP contribution is -2.35. The standard InChI is InChI=1S/C13H17ClN4S/c1-2-9-7-10-11(16-8-3-5-15-6-4-8)17-13(14)18-12(10)19-9/h7-8,15H,2-6H2,1H3,(H,16,17,18). The van der Waals surface area contributed by atoms with E-state index in [9.17, 15) is 0 Å². The maximum Gasteiger partial charge on any atom is 0.225 e. The van der Waals surface area contributed by atoms with E-state index in [-0.39, 0.29) is 0 Å². The zero-order chi connectivity index (χ0) is 13.2. The summed E-state index contributed by atoms with van der Waals surface area (Å²) in [4.78, 5) is 11.0. The molecule has 2 aromatic heterocycles. The van der Waals surface area contributed by atoms with Gasteiger partial charge in [0.05, 0.1) is 5.39 Å². The second-order valence-corrected chi connectivity index (χ2v) is 6.25. The molecule has 2 N–H and O–H groups in total. The third-order valence-corrected chi connectivity index (χ3v) is 4.79. The maximum absolute atomic E-state index is 6.03. The third-order valence-electron chi connectivity index (χ3n) is 3.44. The van der Waals surface area contributed by atoms with Crippen LogP contribution in [0.3, 0.4) is 0 Å². The fourth-order valence-electron chi connectivity index (χ4n) is 2.39. The number of aryl methyl sites for hydroxylation is 1. The van der Waals surface area contributed by atoms with Crippen LogP contribution in [0.2, 0.25) is 5.28 Å². The molecule has 0 aliphatic carbocycles. The van der Waals surface area contributed by atoms with Gasteiger partial charge in [-0.15, -0.1) is 11.3 Å². The molecule has 0 bridgehead atoms. The molecule has 19 heavy (non-hydrogen) atoms. The lowest BCUT2D eigenvalue weighted by atomic mass is 10.1. The number of hydrogen-bond acceptors (Lipinski definition) is 5. The van der Waals surface area contributed by atoms with E-state index in [1.54, 1.807) is 11.3 Å². The van der Waals surface area contributed by atoms with E-state index in [1.165, 1.54) is 4.88 Å². The maximum atomic E-state index is 6.03. The predicted molar refractivity (Wildman–Crippen MR) is 81.3 cm³/mol. The van der Waals surface area contributed by atoms with E-state index >= 15 is 0 Å². The van der Waals surface area contributed by atoms with E-state index in [1.807, 2.05) is 0 Å². The van der Waals surface area contributed by atoms with Crippen LogP contribution in [-0.2, 0) is 6.42 Å². The summed E-state index contributed by atoms with van der Waals surface area (Å²) in [7, 11) is 0. The van der Waals surface area contributed by atoms with Crippen molar-refractivity contribution in [2.75, 3.05) is 18.4 Å². The topological polar surface area (TPSA) is 49.8 Å². The van der Waals surface area contributed by atoms with Gasteiger partial charge in [0.2, 0.25) is 5.28 Å². The summed E-state index contributed by atoms with van der Waals surface area (Å²) < 4.78 is 0. The third kappa shape index (κ3) is 2.83. The fourth-order valence-corrected chi connectivity index (χ4v) is 3.58. The van der Waals surface area contributed by atoms with E-state index in [0.717, 1.165) is 48.4 Å². The number of hydrogen-bond donors (Lipinski definition) is 2. The van der Waals surface area contributed by atoms with Gasteiger partial charge in [-0.2, -0.15) is 0 Å². The summed E-state index contributed by atoms with van der Waals surface area (Å²) in [5.74, 6) is 0.887. The molecule has 3 rings (SSSR count). The van der Waals surface area contributed by atoms with Gasteiger partial charge in [0.25, 0.3) is 0 Å². The van der Waals surface area contributed by atoms with Crippen LogP contribution >= 0.6 is 22.9 Å². The Bertz CT molecular complexity index is 577. The van der Waals surface area contributed by atoms with E-state index in [0.29, 0.717) is 11.3 Å². The molecule has 0 amide bonds. The number of piperidine rings is 1. The number of halogens is 1. The van der Waals surface area contributed by atoms with Crippen molar-refractivity contribution in [2.24, 2.45) is 0 Å². The highest BCUT2D eigenvalue weighted by molar-refractivity contribution is 7.18. The molecule has 0 saturated carbocycles. The minimum Gasteiger partial charge on any atom is -0.367 e. The van der Waals surface area contributed by atoms with E-state index in [2.05, 4.69) is 33.6 Å². The van der Waals surface area contributed by atoms with Gasteiger partial charge in [-0.25, -0.2) is 9.97 Å². The Balaban J connectivity index is 1.94. The highest BCUT2D eigenvalue weighted by atomic mass is 35.5. The Morgan fingerprint density at radius 3 is 2.95 bits per heavy atom. The summed E-state index contributed by atoms with van der Waals surface area (Å²) in [6, 6.07) is 2.65. The van der Waals surface area contributed by atoms with Gasteiger partial charge < -0.3 is 10.6 Å². The van der Waals surface area contributed by atoms with Gasteiger partial charge >= 0.3 is 0 Å². The summed E-state index contributed by atoms with van der Waals surface area (Å²) in [6.45, 7) is 4.27. The molecular formula is C13H17ClN4S. The number of nitrogens with one attached hydrogen (secondary N) is 2. The van der Waals surface area contributed by atoms with Crippen LogP contribution in [-0.4, -0.2) is 29.1 Å². The fraction of sp³-hybridized carbons (Fsp3) is 0.538. The van der Waals surface area contributed by atoms with Crippen molar-refractivity contribution in [1.82, 2.24) is 15.3 Å². The predicted octanol–water partition coefficient (Wildman–Crippen LogP) is 3.07. The molecule has 1 aliphatic rings. The SMILES string of the molecule is CCc1cc2c(NC3CCNCC3)nc(Cl)nc2s1. The lowest BCUT2D eigenvalue weighted by molar-refractivity contribution is 0.478. The van der Waals surface area contributed by atoms with Crippen molar-refractivity contribution in [2.45, 2.75) is 32.2 Å². The summed E-state index contributed by atoms with van der Waals surface area (Å²) in [5.41, 5.74) is 0. The zero-order valence-corrected chi connectivity index (χ0v) is 12.4. The van der Waals surface area contributed by atoms with Crippen LogP contribution in [0.1, 0.15) is 24.6 Å². The first-order chi connectivity index (χ1) is 9.26. The minimum absolute atomic E-state index is 0.327. The van der Waals surface area contributed by atoms with Crippen molar-refractivity contribution in [3.05, 3.63) is 16.2 Å². The molecule has 4 nitrogen and oxygen atoms in total. The van der Waals surface area contributed by atoms with Crippen LogP contribution < -0.4 is 10.6 Å². The molecule has 2 aromatic rings. The second kappa shape index (κ2) is 5.61. The molecule has 1 aliphatic heterocycles. The molecule has 102 valence electrons. The first kappa shape index (κ1) is 13.1. The van der Waals surface area contributed by atoms with Crippen molar-refractivity contribution in [3.63, 3.8) is 0 Å². The van der Waals surface area contributed by atoms with Crippen molar-refractivity contribution in [1.29, 1.82) is 0 Å². The zero-order valence-electron chi connectivity index (χ0n) is 10.9. The molecular weight excluding hydrogens is 280 g/mol. The van der Waals surface area contributed by atoms with Crippen LogP contribution in [0.4, 0.5) is 5.82 Å². The first-order valence-corrected chi connectivity index (χ1v) is 7.89. The Hall–Kier alpha value is -0.910. The van der Waals surface area contributed by atoms with Gasteiger partial charge in [-0.05, 0) is 50.0 Å². The molecule has 0 atom stereocenters. The van der Waals surface area contributed by atoms with Gasteiger partial charge in [0.15, 0.2) is 0 Å². The molecule has 0 radical (unpaired) electrons. The van der Waals surface area contributed by atoms with Gasteiger partial charge in [-0.1, -0.05) is 6.92 Å². The van der Waals surface area contributed by atoms with Crippen molar-refractivity contribution >= 4 is 39.0 Å². The van der Waals surface area contributed by atoms with Crippen LogP contribution in [0, 0.1) is 0 Å². The molecule has 0 spiro atoms. The largest absolute Gasteiger partial charge is 0.367 e. The van der Waals surface area contributed by atoms with Crippen molar-refractivity contribution < 1.29 is 0 Å². The molecule has 1 saturated heterocycles. The van der Waals surface area contributed by atoms with Gasteiger partial charge in [0, 0.05) is 10.9 Å². The average Bonchev–Trinajstić information content (AvgIpc) is 2.83. The Morgan fingerprint density at radius 1 is 1.42 bits per heavy atom. The lowest BCUT2D eigenvalue weighted by Gasteiger charge is -2.24. The average molecular weight is 297 g/mol. The number of fused-ring (bicyclic) bond motifs is 1. The summed E-state index contributed by atoms with van der Waals surface area (Å²) >= 11 is 7.73. The van der Waals surface area contributed by atoms with Crippen LogP contribution in [0.5, 0.6) is 0 Å². The first-order valence-electron chi connectivity index (χ1n) is 6.69. The molecule has 6 heteroatoms. The highest BCUT2D eigenvalue weighted by Gasteiger charge is 2.16. The quantitative estimate of drug-likeness (QED) is 0.855. The molecule has 1 fully saturated rings. The number of anilines is 1. The molecule has 3 heterocycles. The molecule has 0 unspecified atom stereocenters. The Morgan fingerprint density at radius 2 is 2.21 bits per heavy atom. The van der Waals surface area contributed by atoms with Gasteiger partial charge in [0.1, 0.15) is 10.6 Å². The normalized spacial score (nSPS) is 16.9. The summed E-state index contributed by atoms with van der Waals surface area (Å²) in [6.07, 6.45) is 3.26. The smallest absolute Gasteiger partial charge is 0.225 e. The highest BCUT2D eigenvalue weighted by Crippen LogP contribution is 2.31. The Kier molecular flexibility index (Phi) is 3.86. The van der Waals surface area contributed by atoms with E-state index < -0.39 is 0 Å². The number of thiophene rings is 1. The van der Waals surface area contributed by atoms with Crippen molar-refractivity contribution in [3.8, 4) is 0 Å². The number of rotatable bonds is 3. The number of nitrogens with zero attached hydrogens (tertiary/aromatic N) is 2. The van der Waals surface area contributed by atoms with Gasteiger partial charge in [-0.3, -0.25) is 0 Å². The molecule has 0 aromatic carbocycles. The van der Waals surface area contributed by atoms with Crippen LogP contribution in [0.25, 0.3) is 10.2 Å². The van der Waals surface area contributed by atoms with E-state index in [4.69, 9.17) is 11.6 Å². The monoisotopic (exact) mass is 296 g/mol. The Labute approximate surface area is 121 Å². The minimum atomic E-state index is 0.327. The van der Waals surface area contributed by atoms with Crippen LogP contribution in [0.15, 0.2) is 6.07 Å². The summed E-state index contributed by atoms with van der Waals surface area (Å²) in [5, 5.41) is 8.33. The number of aromatic nitrogens is 2. The second-order valence-electron chi connectivity index (χ2n) is 4.79.